The minimum atomic E-state index is -0.312. The number of aromatic amines is 1. The molecule has 236 valence electrons. The molecule has 2 amide bonds. The van der Waals surface area contributed by atoms with Crippen molar-refractivity contribution in [2.45, 2.75) is 51.0 Å². The molecule has 2 fully saturated rings. The second-order valence-electron chi connectivity index (χ2n) is 12.3. The fraction of sp³-hybridized carbons (Fsp3) is 0.389. The molecule has 4 atom stereocenters. The number of benzene rings is 3. The number of hydrogen-bond acceptors (Lipinski definition) is 6. The molecule has 2 aliphatic carbocycles. The van der Waals surface area contributed by atoms with E-state index in [9.17, 15) is 14.7 Å². The van der Waals surface area contributed by atoms with E-state index in [-0.39, 0.29) is 24.2 Å². The second kappa shape index (κ2) is 14.2. The van der Waals surface area contributed by atoms with Crippen LogP contribution in [0.2, 0.25) is 0 Å². The summed E-state index contributed by atoms with van der Waals surface area (Å²) in [7, 11) is 1.82. The number of aromatic hydroxyl groups is 1. The van der Waals surface area contributed by atoms with Crippen LogP contribution in [0.4, 0.5) is 5.69 Å². The van der Waals surface area contributed by atoms with Crippen LogP contribution in [0.3, 0.4) is 0 Å². The minimum Gasteiger partial charge on any atom is -0.508 e. The summed E-state index contributed by atoms with van der Waals surface area (Å²) < 4.78 is 11.8. The molecule has 9 nitrogen and oxygen atoms in total. The zero-order chi connectivity index (χ0) is 31.2. The quantitative estimate of drug-likeness (QED) is 0.129. The summed E-state index contributed by atoms with van der Waals surface area (Å²) >= 11 is 0. The molecule has 3 aromatic carbocycles. The highest BCUT2D eigenvalue weighted by molar-refractivity contribution is 6.07. The fourth-order valence-electron chi connectivity index (χ4n) is 7.12. The van der Waals surface area contributed by atoms with E-state index in [1.54, 1.807) is 42.5 Å². The van der Waals surface area contributed by atoms with Crippen molar-refractivity contribution in [2.24, 2.45) is 17.8 Å². The molecule has 0 saturated heterocycles. The Labute approximate surface area is 263 Å². The van der Waals surface area contributed by atoms with E-state index >= 15 is 0 Å². The summed E-state index contributed by atoms with van der Waals surface area (Å²) in [5.41, 5.74) is 9.19. The number of rotatable bonds is 11. The van der Waals surface area contributed by atoms with Crippen molar-refractivity contribution in [2.75, 3.05) is 25.6 Å². The highest BCUT2D eigenvalue weighted by atomic mass is 16.5. The number of hydrazine groups is 1. The van der Waals surface area contributed by atoms with E-state index in [0.717, 1.165) is 35.9 Å². The molecule has 4 aromatic rings. The van der Waals surface area contributed by atoms with Crippen LogP contribution in [-0.2, 0) is 11.2 Å². The van der Waals surface area contributed by atoms with Gasteiger partial charge in [-0.2, -0.15) is 0 Å². The number of phenols is 1. The van der Waals surface area contributed by atoms with E-state index in [0.29, 0.717) is 53.0 Å². The van der Waals surface area contributed by atoms with Crippen LogP contribution >= 0.6 is 0 Å². The normalized spacial score (nSPS) is 21.2. The molecule has 4 unspecified atom stereocenters. The number of phenolic OH excluding ortho intramolecular Hbond substituents is 1. The van der Waals surface area contributed by atoms with Gasteiger partial charge in [-0.1, -0.05) is 43.2 Å². The third-order valence-corrected chi connectivity index (χ3v) is 9.47. The van der Waals surface area contributed by atoms with Crippen LogP contribution in [-0.4, -0.2) is 48.3 Å². The van der Waals surface area contributed by atoms with Gasteiger partial charge in [-0.15, -0.1) is 0 Å². The predicted molar refractivity (Wildman–Crippen MR) is 174 cm³/mol. The molecule has 0 bridgehead atoms. The lowest BCUT2D eigenvalue weighted by Gasteiger charge is -2.43. The van der Waals surface area contributed by atoms with Gasteiger partial charge in [-0.25, -0.2) is 5.43 Å². The number of carbonyl (C=O) groups is 2. The molecule has 6 rings (SSSR count). The van der Waals surface area contributed by atoms with Crippen LogP contribution in [0.1, 0.15) is 64.9 Å². The summed E-state index contributed by atoms with van der Waals surface area (Å²) in [6.45, 7) is 1.02. The van der Waals surface area contributed by atoms with E-state index in [4.69, 9.17) is 9.47 Å². The third kappa shape index (κ3) is 7.49. The zero-order valence-corrected chi connectivity index (χ0v) is 25.7. The Morgan fingerprint density at radius 2 is 1.84 bits per heavy atom. The van der Waals surface area contributed by atoms with Crippen LogP contribution < -0.4 is 20.9 Å². The van der Waals surface area contributed by atoms with Gasteiger partial charge in [-0.3, -0.25) is 15.0 Å². The van der Waals surface area contributed by atoms with Crippen molar-refractivity contribution in [3.05, 3.63) is 89.6 Å². The van der Waals surface area contributed by atoms with Gasteiger partial charge in [0.15, 0.2) is 0 Å². The van der Waals surface area contributed by atoms with E-state index < -0.39 is 0 Å². The molecule has 9 heteroatoms. The van der Waals surface area contributed by atoms with Crippen molar-refractivity contribution in [1.29, 1.82) is 0 Å². The van der Waals surface area contributed by atoms with Crippen LogP contribution in [0, 0.1) is 17.8 Å². The first-order valence-electron chi connectivity index (χ1n) is 16.0. The average molecular weight is 611 g/mol. The number of amides is 2. The van der Waals surface area contributed by atoms with Crippen LogP contribution in [0.15, 0.2) is 72.8 Å². The van der Waals surface area contributed by atoms with Gasteiger partial charge in [0.25, 0.3) is 11.8 Å². The number of hydrogen-bond donors (Lipinski definition) is 5. The lowest BCUT2D eigenvalue weighted by Crippen LogP contribution is -2.45. The monoisotopic (exact) mass is 610 g/mol. The number of aromatic nitrogens is 1. The average Bonchev–Trinajstić information content (AvgIpc) is 3.50. The number of anilines is 1. The lowest BCUT2D eigenvalue weighted by molar-refractivity contribution is -0.00412. The zero-order valence-electron chi connectivity index (χ0n) is 25.7. The number of H-pyrrole nitrogens is 1. The smallest absolute Gasteiger partial charge is 0.272 e. The number of carbonyl (C=O) groups excluding carboxylic acids is 2. The number of ether oxygens (including phenoxy) is 2. The molecule has 0 spiro atoms. The van der Waals surface area contributed by atoms with E-state index in [1.165, 1.54) is 25.7 Å². The summed E-state index contributed by atoms with van der Waals surface area (Å²) in [5, 5.41) is 13.7. The Kier molecular flexibility index (Phi) is 9.66. The first-order valence-corrected chi connectivity index (χ1v) is 16.0. The van der Waals surface area contributed by atoms with Gasteiger partial charge in [0.2, 0.25) is 0 Å². The Bertz CT molecular complexity index is 1600. The van der Waals surface area contributed by atoms with Gasteiger partial charge < -0.3 is 24.9 Å². The molecule has 2 saturated carbocycles. The van der Waals surface area contributed by atoms with Gasteiger partial charge in [0, 0.05) is 36.5 Å². The highest BCUT2D eigenvalue weighted by Gasteiger charge is 2.37. The third-order valence-electron chi connectivity index (χ3n) is 9.47. The SMILES string of the molecule is COC1CCC2C(CNNC(=O)c3ccc(NC(=O)c4cc5ccccc5[nH]4)c(OCCc4cccc(O)c4)c3)CCCC2C1. The highest BCUT2D eigenvalue weighted by Crippen LogP contribution is 2.44. The van der Waals surface area contributed by atoms with Crippen molar-refractivity contribution < 1.29 is 24.2 Å². The first kappa shape index (κ1) is 30.7. The Morgan fingerprint density at radius 1 is 0.956 bits per heavy atom. The maximum absolute atomic E-state index is 13.2. The van der Waals surface area contributed by atoms with Gasteiger partial charge in [0.05, 0.1) is 18.4 Å². The standard InChI is InChI=1S/C36H42N4O5/c1-44-29-13-14-30-24(19-29)8-5-9-27(30)22-37-40-35(42)26-12-15-32(34(21-26)45-17-16-23-6-4-10-28(41)18-23)39-36(43)33-20-25-7-2-3-11-31(25)38-33/h2-4,6-7,10-12,15,18,20-21,24,27,29-30,37-38,41H,5,8-9,13-14,16-17,19,22H2,1H3,(H,39,43)(H,40,42). The van der Waals surface area contributed by atoms with Gasteiger partial charge in [-0.05, 0) is 91.5 Å². The summed E-state index contributed by atoms with van der Waals surface area (Å²) in [6, 6.07) is 21.5. The van der Waals surface area contributed by atoms with Gasteiger partial charge in [0.1, 0.15) is 17.2 Å². The first-order chi connectivity index (χ1) is 22.0. The maximum Gasteiger partial charge on any atom is 0.272 e. The molecule has 5 N–H and O–H groups in total. The minimum absolute atomic E-state index is 0.191. The molecule has 0 aliphatic heterocycles. The van der Waals surface area contributed by atoms with Crippen molar-refractivity contribution >= 4 is 28.4 Å². The fourth-order valence-corrected chi connectivity index (χ4v) is 7.12. The summed E-state index contributed by atoms with van der Waals surface area (Å²) in [5.74, 6) is 1.90. The molecule has 0 radical (unpaired) electrons. The molecule has 2 aliphatic rings. The molecule has 45 heavy (non-hydrogen) atoms. The number of nitrogens with one attached hydrogen (secondary N) is 4. The van der Waals surface area contributed by atoms with E-state index in [2.05, 4.69) is 21.2 Å². The van der Waals surface area contributed by atoms with Gasteiger partial charge >= 0.3 is 0 Å². The lowest BCUT2D eigenvalue weighted by atomic mass is 9.65. The largest absolute Gasteiger partial charge is 0.508 e. The van der Waals surface area contributed by atoms with Crippen LogP contribution in [0.25, 0.3) is 10.9 Å². The van der Waals surface area contributed by atoms with Crippen molar-refractivity contribution in [3.8, 4) is 11.5 Å². The molecular weight excluding hydrogens is 568 g/mol. The van der Waals surface area contributed by atoms with Crippen molar-refractivity contribution in [3.63, 3.8) is 0 Å². The van der Waals surface area contributed by atoms with Crippen molar-refractivity contribution in [1.82, 2.24) is 15.8 Å². The Morgan fingerprint density at radius 3 is 2.69 bits per heavy atom. The van der Waals surface area contributed by atoms with Crippen LogP contribution in [0.5, 0.6) is 11.5 Å². The summed E-state index contributed by atoms with van der Waals surface area (Å²) in [4.78, 5) is 29.6. The molecule has 1 aromatic heterocycles. The van der Waals surface area contributed by atoms with E-state index in [1.807, 2.05) is 37.4 Å². The number of para-hydroxylation sites is 1. The molecule has 1 heterocycles. The Hall–Kier alpha value is -4.34. The second-order valence-corrected chi connectivity index (χ2v) is 12.3. The number of methoxy groups -OCH3 is 1. The molecular formula is C36H42N4O5. The maximum atomic E-state index is 13.2. The predicted octanol–water partition coefficient (Wildman–Crippen LogP) is 6.21. The number of fused-ring (bicyclic) bond motifs is 2. The topological polar surface area (TPSA) is 125 Å². The summed E-state index contributed by atoms with van der Waals surface area (Å²) in [6.07, 6.45) is 8.00. The Balaban J connectivity index is 1.11.